The lowest BCUT2D eigenvalue weighted by Crippen LogP contribution is -2.40. The number of nitrogens with zero attached hydrogens (tertiary/aromatic N) is 1. The molecule has 0 amide bonds. The smallest absolute Gasteiger partial charge is 0.314 e. The molecule has 1 aromatic rings. The molecule has 140 valence electrons. The summed E-state index contributed by atoms with van der Waals surface area (Å²) >= 11 is 0. The number of sulfonamides is 1. The van der Waals surface area contributed by atoms with Crippen molar-refractivity contribution in [3.63, 3.8) is 0 Å². The van der Waals surface area contributed by atoms with Crippen molar-refractivity contribution in [2.45, 2.75) is 31.8 Å². The van der Waals surface area contributed by atoms with Crippen molar-refractivity contribution < 1.29 is 27.8 Å². The topological polar surface area (TPSA) is 93.1 Å². The summed E-state index contributed by atoms with van der Waals surface area (Å²) in [6, 6.07) is 6.81. The highest BCUT2D eigenvalue weighted by molar-refractivity contribution is 7.88. The third-order valence-corrected chi connectivity index (χ3v) is 6.11. The molecule has 0 heterocycles. The lowest BCUT2D eigenvalue weighted by molar-refractivity contribution is -0.155. The van der Waals surface area contributed by atoms with Gasteiger partial charge in [0.1, 0.15) is 5.75 Å². The van der Waals surface area contributed by atoms with Crippen LogP contribution in [0.15, 0.2) is 24.3 Å². The molecule has 2 rings (SSSR count). The highest BCUT2D eigenvalue weighted by Crippen LogP contribution is 2.42. The number of carbonyl (C=O) groups excluding carboxylic acids is 1. The Morgan fingerprint density at radius 2 is 1.96 bits per heavy atom. The maximum Gasteiger partial charge on any atom is 0.314 e. The van der Waals surface area contributed by atoms with Gasteiger partial charge < -0.3 is 14.6 Å². The van der Waals surface area contributed by atoms with E-state index in [1.165, 1.54) is 11.4 Å². The number of hydrogen-bond acceptors (Lipinski definition) is 6. The molecule has 1 aliphatic carbocycles. The van der Waals surface area contributed by atoms with Gasteiger partial charge in [-0.3, -0.25) is 4.79 Å². The summed E-state index contributed by atoms with van der Waals surface area (Å²) in [6.07, 6.45) is 2.31. The van der Waals surface area contributed by atoms with E-state index in [9.17, 15) is 18.3 Å². The van der Waals surface area contributed by atoms with Gasteiger partial charge in [-0.05, 0) is 37.0 Å². The predicted octanol–water partition coefficient (Wildman–Crippen LogP) is 1.16. The van der Waals surface area contributed by atoms with E-state index in [4.69, 9.17) is 9.47 Å². The van der Waals surface area contributed by atoms with Crippen molar-refractivity contribution in [3.05, 3.63) is 29.8 Å². The minimum atomic E-state index is -3.48. The zero-order valence-electron chi connectivity index (χ0n) is 14.8. The summed E-state index contributed by atoms with van der Waals surface area (Å²) in [5.74, 6) is 0.205. The Balaban J connectivity index is 2.22. The van der Waals surface area contributed by atoms with E-state index in [0.717, 1.165) is 11.8 Å². The van der Waals surface area contributed by atoms with Crippen LogP contribution in [0, 0.1) is 5.41 Å². The van der Waals surface area contributed by atoms with Crippen molar-refractivity contribution in [3.8, 4) is 5.75 Å². The summed E-state index contributed by atoms with van der Waals surface area (Å²) in [6.45, 7) is -0.146. The maximum atomic E-state index is 12.3. The molecule has 0 unspecified atom stereocenters. The second-order valence-electron chi connectivity index (χ2n) is 6.48. The van der Waals surface area contributed by atoms with Gasteiger partial charge in [-0.25, -0.2) is 8.42 Å². The van der Waals surface area contributed by atoms with Gasteiger partial charge in [0.15, 0.2) is 0 Å². The van der Waals surface area contributed by atoms with Crippen molar-refractivity contribution in [1.29, 1.82) is 0 Å². The first-order valence-corrected chi connectivity index (χ1v) is 9.89. The van der Waals surface area contributed by atoms with Crippen molar-refractivity contribution in [2.24, 2.45) is 5.41 Å². The van der Waals surface area contributed by atoms with Gasteiger partial charge >= 0.3 is 5.97 Å². The van der Waals surface area contributed by atoms with Crippen LogP contribution < -0.4 is 4.74 Å². The first kappa shape index (κ1) is 19.7. The van der Waals surface area contributed by atoms with Crippen LogP contribution in [0.5, 0.6) is 5.75 Å². The van der Waals surface area contributed by atoms with E-state index in [1.807, 2.05) is 12.1 Å². The summed E-state index contributed by atoms with van der Waals surface area (Å²) in [5.41, 5.74) is -0.201. The van der Waals surface area contributed by atoms with Crippen LogP contribution in [-0.4, -0.2) is 56.9 Å². The van der Waals surface area contributed by atoms with Crippen molar-refractivity contribution in [2.75, 3.05) is 27.1 Å². The Kier molecular flexibility index (Phi) is 6.08. The summed E-state index contributed by atoms with van der Waals surface area (Å²) in [4.78, 5) is 12.0. The highest BCUT2D eigenvalue weighted by atomic mass is 32.2. The van der Waals surface area contributed by atoms with E-state index in [2.05, 4.69) is 0 Å². The molecule has 2 atom stereocenters. The van der Waals surface area contributed by atoms with E-state index in [0.29, 0.717) is 18.6 Å². The minimum Gasteiger partial charge on any atom is -0.497 e. The molecule has 1 N–H and O–H groups in total. The van der Waals surface area contributed by atoms with Gasteiger partial charge in [0.05, 0.1) is 32.5 Å². The molecular formula is C17H25NO6S. The first-order valence-electron chi connectivity index (χ1n) is 8.05. The molecule has 25 heavy (non-hydrogen) atoms. The first-order chi connectivity index (χ1) is 11.8. The quantitative estimate of drug-likeness (QED) is 0.723. The minimum absolute atomic E-state index is 0.205. The predicted molar refractivity (Wildman–Crippen MR) is 92.6 cm³/mol. The standard InChI is InChI=1S/C17H25NO6S/c1-23-15-6-4-13(5-7-15)11-18(25(3,21)22)14-8-9-17(10-14,12-19)16(20)24-2/h4-7,14,19H,8-12H2,1-3H3/t14-,17-/m0/s1. The normalized spacial score (nSPS) is 23.6. The zero-order valence-corrected chi connectivity index (χ0v) is 15.6. The van der Waals surface area contributed by atoms with E-state index in [-0.39, 0.29) is 25.6 Å². The number of benzene rings is 1. The van der Waals surface area contributed by atoms with Crippen LogP contribution in [0.3, 0.4) is 0 Å². The fraction of sp³-hybridized carbons (Fsp3) is 0.588. The average Bonchev–Trinajstić information content (AvgIpc) is 3.03. The van der Waals surface area contributed by atoms with E-state index >= 15 is 0 Å². The van der Waals surface area contributed by atoms with Gasteiger partial charge in [0.25, 0.3) is 0 Å². The van der Waals surface area contributed by atoms with Crippen molar-refractivity contribution in [1.82, 2.24) is 4.31 Å². The molecule has 1 aromatic carbocycles. The van der Waals surface area contributed by atoms with Crippen LogP contribution in [0.25, 0.3) is 0 Å². The maximum absolute atomic E-state index is 12.3. The third kappa shape index (κ3) is 4.31. The number of aliphatic hydroxyl groups is 1. The molecule has 1 aliphatic rings. The molecule has 0 radical (unpaired) electrons. The van der Waals surface area contributed by atoms with Gasteiger partial charge in [-0.2, -0.15) is 4.31 Å². The molecular weight excluding hydrogens is 346 g/mol. The van der Waals surface area contributed by atoms with Gasteiger partial charge in [0.2, 0.25) is 10.0 Å². The monoisotopic (exact) mass is 371 g/mol. The number of hydrogen-bond donors (Lipinski definition) is 1. The Labute approximate surface area is 148 Å². The van der Waals surface area contributed by atoms with Gasteiger partial charge in [-0.15, -0.1) is 0 Å². The van der Waals surface area contributed by atoms with Crippen LogP contribution in [0.1, 0.15) is 24.8 Å². The lowest BCUT2D eigenvalue weighted by Gasteiger charge is -2.29. The number of ether oxygens (including phenoxy) is 2. The van der Waals surface area contributed by atoms with Gasteiger partial charge in [0, 0.05) is 12.6 Å². The zero-order chi connectivity index (χ0) is 18.7. The number of rotatable bonds is 7. The van der Waals surface area contributed by atoms with E-state index in [1.54, 1.807) is 19.2 Å². The molecule has 1 saturated carbocycles. The Morgan fingerprint density at radius 1 is 1.32 bits per heavy atom. The molecule has 0 aromatic heterocycles. The SMILES string of the molecule is COC(=O)[C@@]1(CO)CC[C@H](N(Cc2ccc(OC)cc2)S(C)(=O)=O)C1. The van der Waals surface area contributed by atoms with Crippen LogP contribution in [-0.2, 0) is 26.1 Å². The highest BCUT2D eigenvalue weighted by Gasteiger charge is 2.48. The molecule has 1 fully saturated rings. The molecule has 7 nitrogen and oxygen atoms in total. The van der Waals surface area contributed by atoms with Gasteiger partial charge in [-0.1, -0.05) is 12.1 Å². The molecule has 0 bridgehead atoms. The average molecular weight is 371 g/mol. The summed E-state index contributed by atoms with van der Waals surface area (Å²) in [7, 11) is -0.641. The fourth-order valence-corrected chi connectivity index (χ4v) is 4.49. The third-order valence-electron chi connectivity index (χ3n) is 4.83. The Morgan fingerprint density at radius 3 is 2.44 bits per heavy atom. The summed E-state index contributed by atoms with van der Waals surface area (Å²) < 4.78 is 35.9. The van der Waals surface area contributed by atoms with Crippen LogP contribution in [0.2, 0.25) is 0 Å². The van der Waals surface area contributed by atoms with Crippen molar-refractivity contribution >= 4 is 16.0 Å². The summed E-state index contributed by atoms with van der Waals surface area (Å²) in [5, 5.41) is 9.69. The Hall–Kier alpha value is -1.64. The second-order valence-corrected chi connectivity index (χ2v) is 8.42. The number of esters is 1. The molecule has 8 heteroatoms. The number of aliphatic hydroxyl groups excluding tert-OH is 1. The Bertz CT molecular complexity index is 702. The fourth-order valence-electron chi connectivity index (χ4n) is 3.38. The molecule has 0 aliphatic heterocycles. The van der Waals surface area contributed by atoms with E-state index < -0.39 is 21.4 Å². The number of carbonyl (C=O) groups is 1. The van der Waals surface area contributed by atoms with Crippen LogP contribution in [0.4, 0.5) is 0 Å². The largest absolute Gasteiger partial charge is 0.497 e. The molecule has 0 saturated heterocycles. The second kappa shape index (κ2) is 7.72. The van der Waals surface area contributed by atoms with Crippen LogP contribution >= 0.6 is 0 Å². The molecule has 0 spiro atoms. The lowest BCUT2D eigenvalue weighted by atomic mass is 9.87. The number of methoxy groups -OCH3 is 2.